The molecule has 0 aromatic heterocycles. The highest BCUT2D eigenvalue weighted by molar-refractivity contribution is 7.99. The summed E-state index contributed by atoms with van der Waals surface area (Å²) in [6.07, 6.45) is -0.398. The van der Waals surface area contributed by atoms with Crippen molar-refractivity contribution in [1.82, 2.24) is 5.32 Å². The average Bonchev–Trinajstić information content (AvgIpc) is 2.27. The lowest BCUT2D eigenvalue weighted by Gasteiger charge is -2.11. The molecule has 0 heterocycles. The molecule has 0 fully saturated rings. The highest BCUT2D eigenvalue weighted by Gasteiger charge is 2.05. The molecule has 0 saturated carbocycles. The zero-order valence-electron chi connectivity index (χ0n) is 9.36. The first-order chi connectivity index (χ1) is 7.27. The summed E-state index contributed by atoms with van der Waals surface area (Å²) in [6.45, 7) is 5.68. The van der Waals surface area contributed by atoms with Gasteiger partial charge in [-0.05, 0) is 30.0 Å². The summed E-state index contributed by atoms with van der Waals surface area (Å²) in [5, 5.41) is 12.9. The second-order valence-electron chi connectivity index (χ2n) is 3.33. The number of nitrogens with one attached hydrogen (secondary N) is 1. The standard InChI is InChI=1S/C12H19NOS/c1-3-13-9-12(14)10-5-7-11(8-6-10)15-4-2/h5-8,12-14H,3-4,9H2,1-2H3. The minimum atomic E-state index is -0.398. The summed E-state index contributed by atoms with van der Waals surface area (Å²) in [6, 6.07) is 8.14. The first-order valence-corrected chi connectivity index (χ1v) is 6.38. The SMILES string of the molecule is CCNCC(O)c1ccc(SCC)cc1. The minimum Gasteiger partial charge on any atom is -0.387 e. The molecule has 0 spiro atoms. The van der Waals surface area contributed by atoms with Gasteiger partial charge in [0.1, 0.15) is 0 Å². The summed E-state index contributed by atoms with van der Waals surface area (Å²) < 4.78 is 0. The molecule has 0 saturated heterocycles. The summed E-state index contributed by atoms with van der Waals surface area (Å²) in [4.78, 5) is 1.26. The molecule has 0 aliphatic heterocycles. The second kappa shape index (κ2) is 6.88. The Morgan fingerprint density at radius 1 is 1.27 bits per heavy atom. The van der Waals surface area contributed by atoms with E-state index in [1.165, 1.54) is 4.90 Å². The maximum Gasteiger partial charge on any atom is 0.0914 e. The van der Waals surface area contributed by atoms with Crippen molar-refractivity contribution in [2.24, 2.45) is 0 Å². The highest BCUT2D eigenvalue weighted by Crippen LogP contribution is 2.20. The van der Waals surface area contributed by atoms with Gasteiger partial charge in [0.25, 0.3) is 0 Å². The van der Waals surface area contributed by atoms with Crippen molar-refractivity contribution in [2.45, 2.75) is 24.8 Å². The van der Waals surface area contributed by atoms with Crippen LogP contribution in [0.1, 0.15) is 25.5 Å². The summed E-state index contributed by atoms with van der Waals surface area (Å²) in [5.41, 5.74) is 0.983. The van der Waals surface area contributed by atoms with Gasteiger partial charge in [-0.1, -0.05) is 26.0 Å². The number of hydrogen-bond acceptors (Lipinski definition) is 3. The molecule has 15 heavy (non-hydrogen) atoms. The number of aliphatic hydroxyl groups is 1. The van der Waals surface area contributed by atoms with E-state index in [4.69, 9.17) is 0 Å². The molecule has 0 aliphatic rings. The van der Waals surface area contributed by atoms with Crippen molar-refractivity contribution in [3.05, 3.63) is 29.8 Å². The number of rotatable bonds is 6. The Labute approximate surface area is 96.1 Å². The van der Waals surface area contributed by atoms with Gasteiger partial charge >= 0.3 is 0 Å². The third kappa shape index (κ3) is 4.24. The number of likely N-dealkylation sites (N-methyl/N-ethyl adjacent to an activating group) is 1. The van der Waals surface area contributed by atoms with Crippen LogP contribution >= 0.6 is 11.8 Å². The van der Waals surface area contributed by atoms with Crippen LogP contribution in [-0.4, -0.2) is 23.9 Å². The molecule has 2 N–H and O–H groups in total. The van der Waals surface area contributed by atoms with Gasteiger partial charge in [0.2, 0.25) is 0 Å². The van der Waals surface area contributed by atoms with E-state index in [1.54, 1.807) is 0 Å². The monoisotopic (exact) mass is 225 g/mol. The van der Waals surface area contributed by atoms with Gasteiger partial charge in [-0.3, -0.25) is 0 Å². The van der Waals surface area contributed by atoms with Crippen LogP contribution < -0.4 is 5.32 Å². The Hall–Kier alpha value is -0.510. The molecule has 1 aromatic carbocycles. The van der Waals surface area contributed by atoms with Crippen LogP contribution in [0.25, 0.3) is 0 Å². The number of thioether (sulfide) groups is 1. The van der Waals surface area contributed by atoms with Crippen molar-refractivity contribution in [1.29, 1.82) is 0 Å². The quantitative estimate of drug-likeness (QED) is 0.729. The molecule has 3 heteroatoms. The van der Waals surface area contributed by atoms with Crippen LogP contribution in [0.15, 0.2) is 29.2 Å². The van der Waals surface area contributed by atoms with Gasteiger partial charge in [-0.15, -0.1) is 11.8 Å². The first-order valence-electron chi connectivity index (χ1n) is 5.39. The molecule has 1 rings (SSSR count). The topological polar surface area (TPSA) is 32.3 Å². The Balaban J connectivity index is 2.54. The van der Waals surface area contributed by atoms with Gasteiger partial charge in [0, 0.05) is 11.4 Å². The summed E-state index contributed by atoms with van der Waals surface area (Å²) >= 11 is 1.82. The fourth-order valence-corrected chi connectivity index (χ4v) is 2.01. The van der Waals surface area contributed by atoms with Crippen LogP contribution in [0.5, 0.6) is 0 Å². The fraction of sp³-hybridized carbons (Fsp3) is 0.500. The van der Waals surface area contributed by atoms with Crippen LogP contribution in [0, 0.1) is 0 Å². The Morgan fingerprint density at radius 3 is 2.47 bits per heavy atom. The smallest absolute Gasteiger partial charge is 0.0914 e. The van der Waals surface area contributed by atoms with E-state index in [-0.39, 0.29) is 0 Å². The lowest BCUT2D eigenvalue weighted by molar-refractivity contribution is 0.175. The highest BCUT2D eigenvalue weighted by atomic mass is 32.2. The van der Waals surface area contributed by atoms with Crippen molar-refractivity contribution in [2.75, 3.05) is 18.8 Å². The minimum absolute atomic E-state index is 0.398. The molecule has 1 unspecified atom stereocenters. The number of aliphatic hydroxyl groups excluding tert-OH is 1. The van der Waals surface area contributed by atoms with Crippen molar-refractivity contribution in [3.8, 4) is 0 Å². The third-order valence-corrected chi connectivity index (χ3v) is 3.06. The van der Waals surface area contributed by atoms with E-state index in [1.807, 2.05) is 30.8 Å². The van der Waals surface area contributed by atoms with E-state index in [2.05, 4.69) is 24.4 Å². The molecule has 0 amide bonds. The van der Waals surface area contributed by atoms with Gasteiger partial charge in [0.15, 0.2) is 0 Å². The summed E-state index contributed by atoms with van der Waals surface area (Å²) in [7, 11) is 0. The van der Waals surface area contributed by atoms with Gasteiger partial charge in [-0.25, -0.2) is 0 Å². The molecular formula is C12H19NOS. The first kappa shape index (κ1) is 12.6. The van der Waals surface area contributed by atoms with E-state index in [9.17, 15) is 5.11 Å². The average molecular weight is 225 g/mol. The molecule has 0 bridgehead atoms. The van der Waals surface area contributed by atoms with Crippen LogP contribution in [0.4, 0.5) is 0 Å². The Kier molecular flexibility index (Phi) is 5.76. The van der Waals surface area contributed by atoms with E-state index < -0.39 is 6.10 Å². The predicted molar refractivity (Wildman–Crippen MR) is 66.3 cm³/mol. The lowest BCUT2D eigenvalue weighted by Crippen LogP contribution is -2.20. The van der Waals surface area contributed by atoms with E-state index in [0.717, 1.165) is 17.9 Å². The van der Waals surface area contributed by atoms with Crippen LogP contribution in [-0.2, 0) is 0 Å². The maximum atomic E-state index is 9.80. The fourth-order valence-electron chi connectivity index (χ4n) is 1.35. The summed E-state index contributed by atoms with van der Waals surface area (Å²) in [5.74, 6) is 1.08. The Morgan fingerprint density at radius 2 is 1.93 bits per heavy atom. The van der Waals surface area contributed by atoms with Crippen LogP contribution in [0.2, 0.25) is 0 Å². The molecule has 0 radical (unpaired) electrons. The normalized spacial score (nSPS) is 12.7. The largest absolute Gasteiger partial charge is 0.387 e. The van der Waals surface area contributed by atoms with Crippen molar-refractivity contribution in [3.63, 3.8) is 0 Å². The molecule has 1 atom stereocenters. The van der Waals surface area contributed by atoms with E-state index >= 15 is 0 Å². The number of hydrogen-bond donors (Lipinski definition) is 2. The second-order valence-corrected chi connectivity index (χ2v) is 4.66. The lowest BCUT2D eigenvalue weighted by atomic mass is 10.1. The number of benzene rings is 1. The molecule has 84 valence electrons. The van der Waals surface area contributed by atoms with Gasteiger partial charge in [-0.2, -0.15) is 0 Å². The van der Waals surface area contributed by atoms with E-state index in [0.29, 0.717) is 6.54 Å². The Bertz CT molecular complexity index is 273. The zero-order chi connectivity index (χ0) is 11.1. The maximum absolute atomic E-state index is 9.80. The van der Waals surface area contributed by atoms with Crippen molar-refractivity contribution >= 4 is 11.8 Å². The zero-order valence-corrected chi connectivity index (χ0v) is 10.2. The molecular weight excluding hydrogens is 206 g/mol. The molecule has 2 nitrogen and oxygen atoms in total. The van der Waals surface area contributed by atoms with Gasteiger partial charge in [0.05, 0.1) is 6.10 Å². The van der Waals surface area contributed by atoms with Gasteiger partial charge < -0.3 is 10.4 Å². The van der Waals surface area contributed by atoms with Crippen molar-refractivity contribution < 1.29 is 5.11 Å². The molecule has 1 aromatic rings. The predicted octanol–water partition coefficient (Wildman–Crippen LogP) is 2.44. The molecule has 0 aliphatic carbocycles. The third-order valence-electron chi connectivity index (χ3n) is 2.16. The van der Waals surface area contributed by atoms with Crippen LogP contribution in [0.3, 0.4) is 0 Å².